The Morgan fingerprint density at radius 2 is 2.29 bits per heavy atom. The van der Waals surface area contributed by atoms with Crippen LogP contribution in [0.25, 0.3) is 11.2 Å². The van der Waals surface area contributed by atoms with Gasteiger partial charge in [-0.1, -0.05) is 0 Å². The van der Waals surface area contributed by atoms with E-state index in [1.165, 1.54) is 12.7 Å². The van der Waals surface area contributed by atoms with Crippen molar-refractivity contribution in [1.29, 1.82) is 0 Å². The van der Waals surface area contributed by atoms with Crippen LogP contribution in [0.2, 0.25) is 0 Å². The van der Waals surface area contributed by atoms with Crippen LogP contribution in [0.15, 0.2) is 12.7 Å². The minimum Gasteiger partial charge on any atom is -0.393 e. The molecule has 0 bridgehead atoms. The molecule has 4 N–H and O–H groups in total. The predicted molar refractivity (Wildman–Crippen MR) is 67.9 cm³/mol. The lowest BCUT2D eigenvalue weighted by Gasteiger charge is -2.63. The summed E-state index contributed by atoms with van der Waals surface area (Å²) in [6.07, 6.45) is 1.96. The molecule has 2 aromatic rings. The second kappa shape index (κ2) is 3.33. The van der Waals surface area contributed by atoms with Gasteiger partial charge in [-0.15, -0.1) is 0 Å². The van der Waals surface area contributed by atoms with E-state index in [0.717, 1.165) is 0 Å². The van der Waals surface area contributed by atoms with E-state index in [4.69, 9.17) is 15.2 Å². The van der Waals surface area contributed by atoms with Gasteiger partial charge in [0.05, 0.1) is 19.0 Å². The lowest BCUT2D eigenvalue weighted by molar-refractivity contribution is -0.374. The zero-order valence-corrected chi connectivity index (χ0v) is 10.9. The van der Waals surface area contributed by atoms with Gasteiger partial charge in [-0.25, -0.2) is 15.0 Å². The summed E-state index contributed by atoms with van der Waals surface area (Å²) in [4.78, 5) is 12.3. The second-order valence-electron chi connectivity index (χ2n) is 5.82. The van der Waals surface area contributed by atoms with E-state index in [9.17, 15) is 10.2 Å². The van der Waals surface area contributed by atoms with Crippen LogP contribution in [0.1, 0.15) is 12.6 Å². The van der Waals surface area contributed by atoms with Crippen molar-refractivity contribution < 1.29 is 19.7 Å². The molecule has 2 unspecified atom stereocenters. The van der Waals surface area contributed by atoms with Gasteiger partial charge >= 0.3 is 0 Å². The van der Waals surface area contributed by atoms with E-state index in [-0.39, 0.29) is 18.5 Å². The third-order valence-electron chi connectivity index (χ3n) is 5.00. The fourth-order valence-corrected chi connectivity index (χ4v) is 3.79. The molecule has 5 atom stereocenters. The van der Waals surface area contributed by atoms with Crippen molar-refractivity contribution in [3.8, 4) is 0 Å². The van der Waals surface area contributed by atoms with Crippen LogP contribution in [0.4, 0.5) is 5.82 Å². The SMILES string of the molecule is Nc1ncnc2c1ncn2[C@@H]1O[C@@]2(CO)CC3OC1[C@]32O. The maximum atomic E-state index is 10.7. The van der Waals surface area contributed by atoms with Gasteiger partial charge in [-0.2, -0.15) is 0 Å². The molecule has 2 aromatic heterocycles. The molecule has 3 fully saturated rings. The van der Waals surface area contributed by atoms with E-state index < -0.39 is 23.5 Å². The Kier molecular flexibility index (Phi) is 1.87. The molecule has 0 radical (unpaired) electrons. The van der Waals surface area contributed by atoms with Crippen molar-refractivity contribution in [3.63, 3.8) is 0 Å². The maximum absolute atomic E-state index is 10.7. The zero-order chi connectivity index (χ0) is 14.4. The van der Waals surface area contributed by atoms with Crippen LogP contribution in [0, 0.1) is 0 Å². The Bertz CT molecular complexity index is 765. The van der Waals surface area contributed by atoms with Crippen molar-refractivity contribution in [1.82, 2.24) is 19.5 Å². The number of ether oxygens (including phenoxy) is 2. The smallest absolute Gasteiger partial charge is 0.167 e. The number of hydrogen-bond donors (Lipinski definition) is 3. The Morgan fingerprint density at radius 1 is 1.43 bits per heavy atom. The number of hydrogen-bond acceptors (Lipinski definition) is 8. The third-order valence-corrected chi connectivity index (χ3v) is 5.00. The first-order valence-electron chi connectivity index (χ1n) is 6.70. The molecule has 110 valence electrons. The highest BCUT2D eigenvalue weighted by Gasteiger charge is 2.84. The van der Waals surface area contributed by atoms with Gasteiger partial charge in [0, 0.05) is 6.42 Å². The van der Waals surface area contributed by atoms with Gasteiger partial charge in [-0.05, 0) is 0 Å². The lowest BCUT2D eigenvalue weighted by atomic mass is 9.58. The number of aliphatic hydroxyl groups is 2. The van der Waals surface area contributed by atoms with E-state index in [0.29, 0.717) is 17.6 Å². The van der Waals surface area contributed by atoms with Crippen LogP contribution < -0.4 is 5.73 Å². The standard InChI is InChI=1S/C12H13N5O4/c13-8-6-9(15-3-14-8)17(4-16-6)10-7-12(19)5(20-7)1-11(12,2-18)21-10/h3-5,7,10,18-19H,1-2H2,(H2,13,14,15)/t5?,7?,10-,11-,12-/m1/s1. The normalized spacial score (nSPS) is 43.4. The first-order valence-corrected chi connectivity index (χ1v) is 6.70. The van der Waals surface area contributed by atoms with Crippen LogP contribution in [0.5, 0.6) is 0 Å². The summed E-state index contributed by atoms with van der Waals surface area (Å²) in [6, 6.07) is 0. The van der Waals surface area contributed by atoms with Gasteiger partial charge in [0.1, 0.15) is 23.5 Å². The van der Waals surface area contributed by atoms with Crippen LogP contribution in [-0.2, 0) is 9.47 Å². The molecule has 4 heterocycles. The number of aliphatic hydroxyl groups excluding tert-OH is 1. The molecular formula is C12H13N5O4. The number of rotatable bonds is 2. The quantitative estimate of drug-likeness (QED) is 0.614. The molecule has 9 heteroatoms. The zero-order valence-electron chi connectivity index (χ0n) is 10.9. The third kappa shape index (κ3) is 1.06. The minimum atomic E-state index is -1.14. The van der Waals surface area contributed by atoms with Gasteiger partial charge in [0.25, 0.3) is 0 Å². The van der Waals surface area contributed by atoms with E-state index in [1.807, 2.05) is 0 Å². The van der Waals surface area contributed by atoms with Crippen LogP contribution in [-0.4, -0.2) is 59.7 Å². The first-order chi connectivity index (χ1) is 10.1. The molecule has 0 aromatic carbocycles. The number of anilines is 1. The Hall–Kier alpha value is -1.81. The average molecular weight is 291 g/mol. The number of imidazole rings is 1. The molecule has 1 aliphatic carbocycles. The molecule has 2 aliphatic heterocycles. The van der Waals surface area contributed by atoms with Crippen molar-refractivity contribution >= 4 is 17.0 Å². The summed E-state index contributed by atoms with van der Waals surface area (Å²) in [7, 11) is 0. The van der Waals surface area contributed by atoms with Crippen molar-refractivity contribution in [2.75, 3.05) is 12.3 Å². The monoisotopic (exact) mass is 291 g/mol. The van der Waals surface area contributed by atoms with Gasteiger partial charge < -0.3 is 25.4 Å². The highest BCUT2D eigenvalue weighted by molar-refractivity contribution is 5.81. The summed E-state index contributed by atoms with van der Waals surface area (Å²) in [5, 5.41) is 20.3. The summed E-state index contributed by atoms with van der Waals surface area (Å²) in [6.45, 7) is -0.250. The minimum absolute atomic E-state index is 0.250. The largest absolute Gasteiger partial charge is 0.393 e. The molecule has 0 amide bonds. The van der Waals surface area contributed by atoms with E-state index in [1.54, 1.807) is 4.57 Å². The Labute approximate surface area is 118 Å². The molecule has 2 saturated heterocycles. The topological polar surface area (TPSA) is 129 Å². The molecular weight excluding hydrogens is 278 g/mol. The Balaban J connectivity index is 1.64. The van der Waals surface area contributed by atoms with Crippen molar-refractivity contribution in [2.24, 2.45) is 0 Å². The fourth-order valence-electron chi connectivity index (χ4n) is 3.79. The molecule has 5 rings (SSSR count). The van der Waals surface area contributed by atoms with E-state index >= 15 is 0 Å². The van der Waals surface area contributed by atoms with Gasteiger partial charge in [-0.3, -0.25) is 4.57 Å². The van der Waals surface area contributed by atoms with Crippen LogP contribution in [0.3, 0.4) is 0 Å². The summed E-state index contributed by atoms with van der Waals surface area (Å²) >= 11 is 0. The highest BCUT2D eigenvalue weighted by Crippen LogP contribution is 2.65. The van der Waals surface area contributed by atoms with Crippen molar-refractivity contribution in [2.45, 2.75) is 36.1 Å². The summed E-state index contributed by atoms with van der Waals surface area (Å²) in [5.74, 6) is 0.280. The van der Waals surface area contributed by atoms with Crippen LogP contribution >= 0.6 is 0 Å². The highest BCUT2D eigenvalue weighted by atomic mass is 16.7. The van der Waals surface area contributed by atoms with Crippen molar-refractivity contribution in [3.05, 3.63) is 12.7 Å². The fraction of sp³-hybridized carbons (Fsp3) is 0.583. The second-order valence-corrected chi connectivity index (χ2v) is 5.82. The van der Waals surface area contributed by atoms with E-state index in [2.05, 4.69) is 15.0 Å². The molecule has 0 spiro atoms. The molecule has 3 aliphatic rings. The van der Waals surface area contributed by atoms with Gasteiger partial charge in [0.2, 0.25) is 0 Å². The lowest BCUT2D eigenvalue weighted by Crippen LogP contribution is -2.83. The molecule has 1 saturated carbocycles. The maximum Gasteiger partial charge on any atom is 0.167 e. The molecule has 21 heavy (non-hydrogen) atoms. The number of aromatic nitrogens is 4. The number of nitrogen functional groups attached to an aromatic ring is 1. The average Bonchev–Trinajstić information content (AvgIpc) is 2.87. The number of nitrogens with zero attached hydrogens (tertiary/aromatic N) is 4. The Morgan fingerprint density at radius 3 is 3.00 bits per heavy atom. The summed E-state index contributed by atoms with van der Waals surface area (Å²) < 4.78 is 13.3. The van der Waals surface area contributed by atoms with Gasteiger partial charge in [0.15, 0.2) is 23.3 Å². The number of fused-ring (bicyclic) bond motifs is 1. The predicted octanol–water partition coefficient (Wildman–Crippen LogP) is -1.43. The summed E-state index contributed by atoms with van der Waals surface area (Å²) in [5.41, 5.74) is 4.66. The molecule has 9 nitrogen and oxygen atoms in total. The number of nitrogens with two attached hydrogens (primary N) is 1. The first kappa shape index (κ1) is 11.8.